The lowest BCUT2D eigenvalue weighted by Gasteiger charge is -2.35. The smallest absolute Gasteiger partial charge is 0.302 e. The number of nitroso groups, excluding NO2 is 1. The first-order valence-corrected chi connectivity index (χ1v) is 5.80. The molecule has 0 amide bonds. The van der Waals surface area contributed by atoms with Crippen LogP contribution < -0.4 is 0 Å². The number of halogens is 1. The van der Waals surface area contributed by atoms with E-state index in [0.29, 0.717) is 0 Å². The van der Waals surface area contributed by atoms with Gasteiger partial charge < -0.3 is 14.2 Å². The van der Waals surface area contributed by atoms with Crippen molar-refractivity contribution in [2.75, 3.05) is 6.61 Å². The van der Waals surface area contributed by atoms with Crippen LogP contribution in [0.4, 0.5) is 0 Å². The van der Waals surface area contributed by atoms with Gasteiger partial charge in [0.2, 0.25) is 0 Å². The molecule has 1 heterocycles. The van der Waals surface area contributed by atoms with Crippen LogP contribution in [-0.2, 0) is 23.8 Å². The van der Waals surface area contributed by atoms with Crippen molar-refractivity contribution in [3.8, 4) is 0 Å². The fraction of sp³-hybridized carbons (Fsp3) is 0.800. The third-order valence-electron chi connectivity index (χ3n) is 2.40. The standard InChI is InChI=1S/C10H14ClNO6/c1-5(13)16-4-9-8(17-6(2)14)3-7(12-15)10(11)18-9/h7-10H,3-4H2,1-2H3/t7-,8-,9+,10-/m0/s1. The second kappa shape index (κ2) is 6.65. The number of hydrogen-bond acceptors (Lipinski definition) is 7. The zero-order chi connectivity index (χ0) is 13.7. The SMILES string of the molecule is CC(=O)OC[C@H]1O[C@H](Cl)[C@@H](N=O)C[C@@H]1OC(C)=O. The number of carbonyl (C=O) groups is 2. The Balaban J connectivity index is 2.67. The molecule has 7 nitrogen and oxygen atoms in total. The van der Waals surface area contributed by atoms with Crippen molar-refractivity contribution in [2.45, 2.75) is 44.1 Å². The van der Waals surface area contributed by atoms with Gasteiger partial charge in [0.1, 0.15) is 24.9 Å². The molecule has 102 valence electrons. The van der Waals surface area contributed by atoms with E-state index in [0.717, 1.165) is 0 Å². The summed E-state index contributed by atoms with van der Waals surface area (Å²) >= 11 is 5.80. The molecule has 0 spiro atoms. The van der Waals surface area contributed by atoms with Gasteiger partial charge in [-0.25, -0.2) is 0 Å². The van der Waals surface area contributed by atoms with Crippen LogP contribution in [0.1, 0.15) is 20.3 Å². The van der Waals surface area contributed by atoms with E-state index >= 15 is 0 Å². The molecule has 1 aliphatic rings. The molecule has 4 atom stereocenters. The molecule has 0 aromatic heterocycles. The number of carbonyl (C=O) groups excluding carboxylic acids is 2. The topological polar surface area (TPSA) is 91.3 Å². The van der Waals surface area contributed by atoms with Gasteiger partial charge in [-0.2, -0.15) is 4.91 Å². The van der Waals surface area contributed by atoms with Crippen LogP contribution in [0.3, 0.4) is 0 Å². The zero-order valence-electron chi connectivity index (χ0n) is 10.00. The first-order valence-electron chi connectivity index (χ1n) is 5.36. The van der Waals surface area contributed by atoms with Gasteiger partial charge in [-0.1, -0.05) is 16.8 Å². The maximum atomic E-state index is 10.9. The van der Waals surface area contributed by atoms with Crippen LogP contribution in [-0.4, -0.2) is 42.4 Å². The maximum absolute atomic E-state index is 10.9. The molecule has 0 unspecified atom stereocenters. The summed E-state index contributed by atoms with van der Waals surface area (Å²) in [5.41, 5.74) is -0.921. The average molecular weight is 280 g/mol. The molecule has 1 rings (SSSR count). The van der Waals surface area contributed by atoms with E-state index < -0.39 is 35.8 Å². The van der Waals surface area contributed by atoms with Gasteiger partial charge in [0.05, 0.1) is 0 Å². The zero-order valence-corrected chi connectivity index (χ0v) is 10.8. The largest absolute Gasteiger partial charge is 0.463 e. The first kappa shape index (κ1) is 14.8. The van der Waals surface area contributed by atoms with Crippen LogP contribution in [0.15, 0.2) is 5.18 Å². The third kappa shape index (κ3) is 4.23. The molecular weight excluding hydrogens is 266 g/mol. The Morgan fingerprint density at radius 2 is 2.06 bits per heavy atom. The molecule has 18 heavy (non-hydrogen) atoms. The van der Waals surface area contributed by atoms with Gasteiger partial charge in [0, 0.05) is 20.3 Å². The molecule has 0 aliphatic carbocycles. The molecule has 1 fully saturated rings. The van der Waals surface area contributed by atoms with Gasteiger partial charge >= 0.3 is 11.9 Å². The molecule has 1 aliphatic heterocycles. The Kier molecular flexibility index (Phi) is 5.49. The Morgan fingerprint density at radius 3 is 2.56 bits per heavy atom. The summed E-state index contributed by atoms with van der Waals surface area (Å²) in [6, 6.07) is -0.801. The summed E-state index contributed by atoms with van der Waals surface area (Å²) in [7, 11) is 0. The van der Waals surface area contributed by atoms with Crippen molar-refractivity contribution in [2.24, 2.45) is 5.18 Å². The van der Waals surface area contributed by atoms with Crippen LogP contribution >= 0.6 is 11.6 Å². The molecule has 8 heteroatoms. The lowest BCUT2D eigenvalue weighted by Crippen LogP contribution is -2.48. The van der Waals surface area contributed by atoms with E-state index in [1.807, 2.05) is 0 Å². The van der Waals surface area contributed by atoms with Gasteiger partial charge in [0.15, 0.2) is 5.56 Å². The van der Waals surface area contributed by atoms with Gasteiger partial charge in [-0.15, -0.1) is 0 Å². The van der Waals surface area contributed by atoms with Crippen molar-refractivity contribution in [1.82, 2.24) is 0 Å². The highest BCUT2D eigenvalue weighted by Crippen LogP contribution is 2.27. The van der Waals surface area contributed by atoms with Crippen molar-refractivity contribution < 1.29 is 23.8 Å². The van der Waals surface area contributed by atoms with Crippen molar-refractivity contribution in [3.05, 3.63) is 4.91 Å². The Bertz CT molecular complexity index is 336. The maximum Gasteiger partial charge on any atom is 0.302 e. The second-order valence-electron chi connectivity index (χ2n) is 3.88. The van der Waals surface area contributed by atoms with Crippen molar-refractivity contribution in [1.29, 1.82) is 0 Å². The molecule has 0 radical (unpaired) electrons. The first-order chi connectivity index (χ1) is 8.43. The summed E-state index contributed by atoms with van der Waals surface area (Å²) < 4.78 is 15.1. The van der Waals surface area contributed by atoms with Gasteiger partial charge in [0.25, 0.3) is 0 Å². The molecule has 1 saturated heterocycles. The number of hydrogen-bond donors (Lipinski definition) is 0. The average Bonchev–Trinajstić information content (AvgIpc) is 2.28. The van der Waals surface area contributed by atoms with E-state index in [-0.39, 0.29) is 13.0 Å². The summed E-state index contributed by atoms with van der Waals surface area (Å²) in [5, 5.41) is 2.81. The predicted molar refractivity (Wildman–Crippen MR) is 60.9 cm³/mol. The molecule has 0 N–H and O–H groups in total. The van der Waals surface area contributed by atoms with Crippen molar-refractivity contribution >= 4 is 23.5 Å². The fourth-order valence-electron chi connectivity index (χ4n) is 1.62. The summed E-state index contributed by atoms with van der Waals surface area (Å²) in [6.45, 7) is 2.39. The van der Waals surface area contributed by atoms with Gasteiger partial charge in [-0.3, -0.25) is 9.59 Å². The Labute approximate surface area is 109 Å². The van der Waals surface area contributed by atoms with Crippen LogP contribution in [0.2, 0.25) is 0 Å². The van der Waals surface area contributed by atoms with E-state index in [9.17, 15) is 14.5 Å². The molecule has 0 saturated carbocycles. The van der Waals surface area contributed by atoms with E-state index in [4.69, 9.17) is 25.8 Å². The third-order valence-corrected chi connectivity index (χ3v) is 2.79. The lowest BCUT2D eigenvalue weighted by molar-refractivity contribution is -0.175. The summed E-state index contributed by atoms with van der Waals surface area (Å²) in [4.78, 5) is 32.2. The van der Waals surface area contributed by atoms with E-state index in [2.05, 4.69) is 5.18 Å². The monoisotopic (exact) mass is 279 g/mol. The highest BCUT2D eigenvalue weighted by molar-refractivity contribution is 6.20. The lowest BCUT2D eigenvalue weighted by atomic mass is 10.0. The second-order valence-corrected chi connectivity index (χ2v) is 4.31. The van der Waals surface area contributed by atoms with Crippen LogP contribution in [0.25, 0.3) is 0 Å². The number of nitrogens with zero attached hydrogens (tertiary/aromatic N) is 1. The minimum Gasteiger partial charge on any atom is -0.463 e. The highest BCUT2D eigenvalue weighted by Gasteiger charge is 2.40. The molecule has 0 aromatic rings. The minimum atomic E-state index is -0.921. The Morgan fingerprint density at radius 1 is 1.39 bits per heavy atom. The van der Waals surface area contributed by atoms with Crippen LogP contribution in [0.5, 0.6) is 0 Å². The molecule has 0 bridgehead atoms. The van der Waals surface area contributed by atoms with Gasteiger partial charge in [-0.05, 0) is 0 Å². The van der Waals surface area contributed by atoms with Crippen LogP contribution in [0, 0.1) is 4.91 Å². The van der Waals surface area contributed by atoms with Crippen molar-refractivity contribution in [3.63, 3.8) is 0 Å². The quantitative estimate of drug-likeness (QED) is 0.433. The van der Waals surface area contributed by atoms with E-state index in [1.54, 1.807) is 0 Å². The summed E-state index contributed by atoms with van der Waals surface area (Å²) in [5.74, 6) is -1.00. The predicted octanol–water partition coefficient (Wildman–Crippen LogP) is 0.970. The molecular formula is C10H14ClNO6. The highest BCUT2D eigenvalue weighted by atomic mass is 35.5. The Hall–Kier alpha value is -1.21. The minimum absolute atomic E-state index is 0.0952. The fourth-order valence-corrected chi connectivity index (χ4v) is 1.90. The number of esters is 2. The normalized spacial score (nSPS) is 31.5. The number of ether oxygens (including phenoxy) is 3. The summed E-state index contributed by atoms with van der Waals surface area (Å²) in [6.07, 6.45) is -1.26. The molecule has 0 aromatic carbocycles. The van der Waals surface area contributed by atoms with E-state index in [1.165, 1.54) is 13.8 Å². The number of rotatable bonds is 4. The number of alkyl halides is 1.